The van der Waals surface area contributed by atoms with Crippen molar-refractivity contribution >= 4 is 33.5 Å². The van der Waals surface area contributed by atoms with Crippen molar-refractivity contribution in [1.29, 1.82) is 0 Å². The van der Waals surface area contributed by atoms with Gasteiger partial charge in [-0.25, -0.2) is 4.39 Å². The minimum Gasteiger partial charge on any atom is -0.465 e. The van der Waals surface area contributed by atoms with Gasteiger partial charge in [-0.1, -0.05) is 19.1 Å². The number of thiophene rings is 1. The highest BCUT2D eigenvalue weighted by atomic mass is 32.1. The van der Waals surface area contributed by atoms with E-state index in [2.05, 4.69) is 22.2 Å². The van der Waals surface area contributed by atoms with Crippen LogP contribution in [0.5, 0.6) is 11.5 Å². The smallest absolute Gasteiger partial charge is 0.393 e. The zero-order valence-corrected chi connectivity index (χ0v) is 25.8. The predicted octanol–water partition coefficient (Wildman–Crippen LogP) is 7.25. The third kappa shape index (κ3) is 8.54. The number of halogens is 4. The molecule has 8 nitrogen and oxygen atoms in total. The monoisotopic (exact) mass is 647 g/mol. The maximum Gasteiger partial charge on any atom is 0.393 e. The largest absolute Gasteiger partial charge is 0.465 e. The number of nitrogens with zero attached hydrogens (tertiary/aromatic N) is 2. The Kier molecular flexibility index (Phi) is 11.5. The van der Waals surface area contributed by atoms with Crippen LogP contribution < -0.4 is 10.1 Å². The number of fused-ring (bicyclic) bond motifs is 1. The number of hydrogen-bond acceptors (Lipinski definition) is 9. The minimum atomic E-state index is -4.99. The molecule has 1 aromatic carbocycles. The van der Waals surface area contributed by atoms with Crippen molar-refractivity contribution in [3.63, 3.8) is 0 Å². The number of carbonyl (C=O) groups is 2. The number of esters is 2. The fourth-order valence-corrected chi connectivity index (χ4v) is 5.69. The van der Waals surface area contributed by atoms with Crippen LogP contribution in [0.25, 0.3) is 20.8 Å². The zero-order chi connectivity index (χ0) is 32.6. The van der Waals surface area contributed by atoms with Crippen molar-refractivity contribution < 1.29 is 41.4 Å². The summed E-state index contributed by atoms with van der Waals surface area (Å²) in [5.41, 5.74) is 2.30. The SMILES string of the molecule is CCCNCc1ccc(-c2cc3nccc(Oc4ccc(CC(C(C(=O)OCC)C(=O)OCC)C(F)(F)F)cc4F)c3s2)nc1. The maximum atomic E-state index is 15.2. The van der Waals surface area contributed by atoms with Crippen molar-refractivity contribution in [2.45, 2.75) is 46.3 Å². The molecule has 0 radical (unpaired) electrons. The van der Waals surface area contributed by atoms with Crippen LogP contribution in [-0.2, 0) is 32.0 Å². The first-order valence-corrected chi connectivity index (χ1v) is 15.3. The molecule has 0 fully saturated rings. The van der Waals surface area contributed by atoms with E-state index in [1.54, 1.807) is 12.3 Å². The molecule has 0 saturated carbocycles. The highest BCUT2D eigenvalue weighted by Crippen LogP contribution is 2.40. The van der Waals surface area contributed by atoms with E-state index in [1.165, 1.54) is 43.5 Å². The van der Waals surface area contributed by atoms with Crippen LogP contribution in [0.1, 0.15) is 38.3 Å². The summed E-state index contributed by atoms with van der Waals surface area (Å²) in [6.07, 6.45) is -1.51. The Morgan fingerprint density at radius 1 is 0.933 bits per heavy atom. The van der Waals surface area contributed by atoms with E-state index in [0.717, 1.165) is 35.2 Å². The van der Waals surface area contributed by atoms with Gasteiger partial charge in [0.1, 0.15) is 5.75 Å². The number of hydrogen-bond donors (Lipinski definition) is 1. The Bertz CT molecular complexity index is 1590. The lowest BCUT2D eigenvalue weighted by Crippen LogP contribution is -2.42. The van der Waals surface area contributed by atoms with E-state index in [4.69, 9.17) is 14.2 Å². The number of carbonyl (C=O) groups excluding carboxylic acids is 2. The Hall–Kier alpha value is -4.10. The number of ether oxygens (including phenoxy) is 3. The average Bonchev–Trinajstić information content (AvgIpc) is 3.44. The highest BCUT2D eigenvalue weighted by Gasteiger charge is 2.52. The Morgan fingerprint density at radius 2 is 1.64 bits per heavy atom. The fraction of sp³-hybridized carbons (Fsp3) is 0.375. The molecule has 0 bridgehead atoms. The summed E-state index contributed by atoms with van der Waals surface area (Å²) in [6.45, 7) is 6.08. The topological polar surface area (TPSA) is 99.6 Å². The summed E-state index contributed by atoms with van der Waals surface area (Å²) in [5, 5.41) is 3.33. The first kappa shape index (κ1) is 33.8. The highest BCUT2D eigenvalue weighted by molar-refractivity contribution is 7.22. The van der Waals surface area contributed by atoms with Gasteiger partial charge in [0, 0.05) is 25.0 Å². The number of aromatic nitrogens is 2. The predicted molar refractivity (Wildman–Crippen MR) is 161 cm³/mol. The molecule has 4 aromatic rings. The molecule has 0 saturated heterocycles. The third-order valence-electron chi connectivity index (χ3n) is 6.78. The Balaban J connectivity index is 1.56. The number of benzene rings is 1. The van der Waals surface area contributed by atoms with Crippen molar-refractivity contribution in [1.82, 2.24) is 15.3 Å². The summed E-state index contributed by atoms with van der Waals surface area (Å²) in [4.78, 5) is 34.6. The number of pyridine rings is 2. The van der Waals surface area contributed by atoms with Crippen LogP contribution in [0.15, 0.2) is 54.9 Å². The van der Waals surface area contributed by atoms with Crippen LogP contribution in [0.3, 0.4) is 0 Å². The lowest BCUT2D eigenvalue weighted by molar-refractivity contribution is -0.205. The van der Waals surface area contributed by atoms with E-state index in [-0.39, 0.29) is 24.5 Å². The van der Waals surface area contributed by atoms with Gasteiger partial charge in [0.25, 0.3) is 0 Å². The van der Waals surface area contributed by atoms with Gasteiger partial charge >= 0.3 is 18.1 Å². The van der Waals surface area contributed by atoms with E-state index >= 15 is 4.39 Å². The molecule has 13 heteroatoms. The molecule has 0 aliphatic rings. The number of alkyl halides is 3. The molecular weight excluding hydrogens is 614 g/mol. The molecule has 0 aliphatic carbocycles. The fourth-order valence-electron chi connectivity index (χ4n) is 4.64. The van der Waals surface area contributed by atoms with E-state index in [0.29, 0.717) is 22.5 Å². The van der Waals surface area contributed by atoms with Gasteiger partial charge in [0.2, 0.25) is 0 Å². The third-order valence-corrected chi connectivity index (χ3v) is 7.95. The second-order valence-electron chi connectivity index (χ2n) is 10.1. The molecule has 0 amide bonds. The molecule has 45 heavy (non-hydrogen) atoms. The van der Waals surface area contributed by atoms with Crippen LogP contribution in [0.4, 0.5) is 17.6 Å². The van der Waals surface area contributed by atoms with Gasteiger partial charge in [-0.05, 0) is 68.6 Å². The molecule has 4 rings (SSSR count). The Morgan fingerprint density at radius 3 is 2.24 bits per heavy atom. The summed E-state index contributed by atoms with van der Waals surface area (Å²) in [7, 11) is 0. The van der Waals surface area contributed by atoms with Crippen molar-refractivity contribution in [3.8, 4) is 22.1 Å². The quantitative estimate of drug-likeness (QED) is 0.0662. The molecule has 3 heterocycles. The van der Waals surface area contributed by atoms with Crippen LogP contribution >= 0.6 is 11.3 Å². The second-order valence-corrected chi connectivity index (χ2v) is 11.1. The molecule has 240 valence electrons. The zero-order valence-electron chi connectivity index (χ0n) is 24.9. The second kappa shape index (κ2) is 15.3. The summed E-state index contributed by atoms with van der Waals surface area (Å²) in [5.74, 6) is -8.31. The standard InChI is InChI=1S/C32H33F4N3O5S/c1-4-12-37-17-20-7-9-23(39-18-20)27-16-24-29(45-27)26(11-13-38-24)44-25-10-8-19(15-22(25)33)14-21(32(34,35)36)28(30(40)42-5-2)31(41)43-6-3/h7-11,13,15-16,18,21,28,37H,4-6,12,14,17H2,1-3H3. The van der Waals surface area contributed by atoms with Gasteiger partial charge < -0.3 is 19.5 Å². The van der Waals surface area contributed by atoms with Gasteiger partial charge in [0.15, 0.2) is 17.5 Å². The Labute approximate surface area is 261 Å². The molecule has 1 unspecified atom stereocenters. The molecule has 0 spiro atoms. The van der Waals surface area contributed by atoms with Gasteiger partial charge in [-0.15, -0.1) is 11.3 Å². The van der Waals surface area contributed by atoms with Gasteiger partial charge in [-0.2, -0.15) is 13.2 Å². The first-order valence-electron chi connectivity index (χ1n) is 14.5. The van der Waals surface area contributed by atoms with E-state index in [1.807, 2.05) is 18.2 Å². The van der Waals surface area contributed by atoms with E-state index in [9.17, 15) is 22.8 Å². The molecule has 1 N–H and O–H groups in total. The molecular formula is C32H33F4N3O5S. The van der Waals surface area contributed by atoms with Crippen molar-refractivity contribution in [2.24, 2.45) is 11.8 Å². The van der Waals surface area contributed by atoms with Crippen molar-refractivity contribution in [3.05, 3.63) is 71.8 Å². The molecule has 1 atom stereocenters. The molecule has 0 aliphatic heterocycles. The van der Waals surface area contributed by atoms with E-state index < -0.39 is 42.2 Å². The first-order chi connectivity index (χ1) is 21.5. The molecule has 3 aromatic heterocycles. The van der Waals surface area contributed by atoms with Gasteiger partial charge in [0.05, 0.1) is 39.9 Å². The van der Waals surface area contributed by atoms with Crippen LogP contribution in [-0.4, -0.2) is 47.8 Å². The maximum absolute atomic E-state index is 15.2. The minimum absolute atomic E-state index is 0.0986. The van der Waals surface area contributed by atoms with Crippen LogP contribution in [0.2, 0.25) is 0 Å². The van der Waals surface area contributed by atoms with Gasteiger partial charge in [-0.3, -0.25) is 19.6 Å². The average molecular weight is 648 g/mol. The lowest BCUT2D eigenvalue weighted by atomic mass is 9.86. The number of rotatable bonds is 14. The normalized spacial score (nSPS) is 12.4. The lowest BCUT2D eigenvalue weighted by Gasteiger charge is -2.26. The van der Waals surface area contributed by atoms with Crippen molar-refractivity contribution in [2.75, 3.05) is 19.8 Å². The van der Waals surface area contributed by atoms with Crippen LogP contribution in [0, 0.1) is 17.7 Å². The summed E-state index contributed by atoms with van der Waals surface area (Å²) in [6, 6.07) is 10.7. The number of nitrogens with one attached hydrogen (secondary N) is 1. The summed E-state index contributed by atoms with van der Waals surface area (Å²) < 4.78 is 73.6. The summed E-state index contributed by atoms with van der Waals surface area (Å²) >= 11 is 1.36.